The van der Waals surface area contributed by atoms with Crippen molar-refractivity contribution in [2.45, 2.75) is 50.7 Å². The second-order valence-electron chi connectivity index (χ2n) is 5.57. The van der Waals surface area contributed by atoms with Crippen LogP contribution in [0.25, 0.3) is 0 Å². The molecule has 1 aromatic rings. The van der Waals surface area contributed by atoms with Crippen LogP contribution in [-0.4, -0.2) is 24.4 Å². The van der Waals surface area contributed by atoms with Crippen LogP contribution in [-0.2, 0) is 11.2 Å². The van der Waals surface area contributed by atoms with Crippen molar-refractivity contribution in [3.63, 3.8) is 0 Å². The van der Waals surface area contributed by atoms with Crippen LogP contribution in [0.15, 0.2) is 18.2 Å². The molecule has 20 heavy (non-hydrogen) atoms. The Hall–Kier alpha value is -1.00. The molecule has 0 saturated heterocycles. The summed E-state index contributed by atoms with van der Waals surface area (Å²) < 4.78 is 32.7. The fraction of sp³-hybridized carbons (Fsp3) is 0.625. The maximum absolute atomic E-state index is 13.6. The van der Waals surface area contributed by atoms with E-state index in [0.717, 1.165) is 25.7 Å². The third-order valence-electron chi connectivity index (χ3n) is 4.24. The van der Waals surface area contributed by atoms with E-state index in [1.165, 1.54) is 24.6 Å². The van der Waals surface area contributed by atoms with E-state index in [1.807, 2.05) is 0 Å². The van der Waals surface area contributed by atoms with Gasteiger partial charge >= 0.3 is 0 Å². The van der Waals surface area contributed by atoms with Gasteiger partial charge in [-0.15, -0.1) is 0 Å². The molecule has 0 aromatic heterocycles. The zero-order valence-corrected chi connectivity index (χ0v) is 11.8. The van der Waals surface area contributed by atoms with Gasteiger partial charge in [-0.25, -0.2) is 8.78 Å². The summed E-state index contributed by atoms with van der Waals surface area (Å²) in [6, 6.07) is 3.76. The lowest BCUT2D eigenvalue weighted by Crippen LogP contribution is -2.38. The number of halogens is 2. The maximum Gasteiger partial charge on any atom is 0.129 e. The minimum atomic E-state index is -0.880. The highest BCUT2D eigenvalue weighted by Crippen LogP contribution is 2.30. The summed E-state index contributed by atoms with van der Waals surface area (Å²) in [5, 5.41) is 10.3. The lowest BCUT2D eigenvalue weighted by Gasteiger charge is -2.32. The Balaban J connectivity index is 2.06. The average Bonchev–Trinajstić information content (AvgIpc) is 2.45. The van der Waals surface area contributed by atoms with E-state index in [1.54, 1.807) is 7.11 Å². The molecule has 0 spiro atoms. The first-order chi connectivity index (χ1) is 9.63. The van der Waals surface area contributed by atoms with Crippen molar-refractivity contribution in [2.24, 2.45) is 5.92 Å². The molecule has 112 valence electrons. The second kappa shape index (κ2) is 7.14. The zero-order chi connectivity index (χ0) is 14.5. The van der Waals surface area contributed by atoms with Crippen LogP contribution >= 0.6 is 0 Å². The first kappa shape index (κ1) is 15.4. The van der Waals surface area contributed by atoms with E-state index < -0.39 is 17.7 Å². The quantitative estimate of drug-likeness (QED) is 0.897. The van der Waals surface area contributed by atoms with Gasteiger partial charge in [-0.2, -0.15) is 0 Å². The SMILES string of the molecule is COC(C(O)Cc1c(F)cccc1F)C1CCCCC1. The Morgan fingerprint density at radius 1 is 1.20 bits per heavy atom. The highest BCUT2D eigenvalue weighted by atomic mass is 19.1. The molecular formula is C16H22F2O2. The van der Waals surface area contributed by atoms with Crippen LogP contribution in [0, 0.1) is 17.6 Å². The number of methoxy groups -OCH3 is 1. The summed E-state index contributed by atoms with van der Waals surface area (Å²) in [4.78, 5) is 0. The summed E-state index contributed by atoms with van der Waals surface area (Å²) in [5.41, 5.74) is -0.0575. The van der Waals surface area contributed by atoms with Gasteiger partial charge in [-0.05, 0) is 30.9 Å². The molecule has 0 aliphatic heterocycles. The topological polar surface area (TPSA) is 29.5 Å². The first-order valence-electron chi connectivity index (χ1n) is 7.27. The largest absolute Gasteiger partial charge is 0.390 e. The predicted octanol–water partition coefficient (Wildman–Crippen LogP) is 3.46. The van der Waals surface area contributed by atoms with E-state index in [0.29, 0.717) is 0 Å². The summed E-state index contributed by atoms with van der Waals surface area (Å²) >= 11 is 0. The van der Waals surface area contributed by atoms with Gasteiger partial charge in [0, 0.05) is 19.1 Å². The molecule has 2 unspecified atom stereocenters. The van der Waals surface area contributed by atoms with Crippen LogP contribution in [0.2, 0.25) is 0 Å². The van der Waals surface area contributed by atoms with E-state index in [9.17, 15) is 13.9 Å². The van der Waals surface area contributed by atoms with Gasteiger partial charge < -0.3 is 9.84 Å². The van der Waals surface area contributed by atoms with E-state index in [4.69, 9.17) is 4.74 Å². The first-order valence-corrected chi connectivity index (χ1v) is 7.27. The zero-order valence-electron chi connectivity index (χ0n) is 11.8. The highest BCUT2D eigenvalue weighted by Gasteiger charge is 2.30. The molecule has 1 N–H and O–H groups in total. The van der Waals surface area contributed by atoms with E-state index in [-0.39, 0.29) is 24.0 Å². The minimum absolute atomic E-state index is 0.0481. The van der Waals surface area contributed by atoms with Gasteiger partial charge in [0.05, 0.1) is 12.2 Å². The van der Waals surface area contributed by atoms with E-state index >= 15 is 0 Å². The number of rotatable bonds is 5. The van der Waals surface area contributed by atoms with Gasteiger partial charge in [-0.1, -0.05) is 25.3 Å². The van der Waals surface area contributed by atoms with Gasteiger partial charge in [0.2, 0.25) is 0 Å². The normalized spacial score (nSPS) is 19.8. The molecule has 2 rings (SSSR count). The maximum atomic E-state index is 13.6. The minimum Gasteiger partial charge on any atom is -0.390 e. The van der Waals surface area contributed by atoms with Crippen LogP contribution < -0.4 is 0 Å². The third kappa shape index (κ3) is 3.55. The number of aliphatic hydroxyl groups is 1. The number of benzene rings is 1. The molecule has 1 aliphatic carbocycles. The molecule has 2 atom stereocenters. The van der Waals surface area contributed by atoms with Crippen LogP contribution in [0.4, 0.5) is 8.78 Å². The van der Waals surface area contributed by atoms with Gasteiger partial charge in [-0.3, -0.25) is 0 Å². The third-order valence-corrected chi connectivity index (χ3v) is 4.24. The summed E-state index contributed by atoms with van der Waals surface area (Å²) in [6.45, 7) is 0. The predicted molar refractivity (Wildman–Crippen MR) is 73.4 cm³/mol. The number of hydrogen-bond acceptors (Lipinski definition) is 2. The molecule has 2 nitrogen and oxygen atoms in total. The molecule has 1 aliphatic rings. The molecule has 1 saturated carbocycles. The fourth-order valence-corrected chi connectivity index (χ4v) is 3.18. The van der Waals surface area contributed by atoms with Crippen molar-refractivity contribution in [2.75, 3.05) is 7.11 Å². The second-order valence-corrected chi connectivity index (χ2v) is 5.57. The smallest absolute Gasteiger partial charge is 0.129 e. The number of ether oxygens (including phenoxy) is 1. The standard InChI is InChI=1S/C16H22F2O2/c1-20-16(11-6-3-2-4-7-11)15(19)10-12-13(17)8-5-9-14(12)18/h5,8-9,11,15-16,19H,2-4,6-7,10H2,1H3. The Bertz CT molecular complexity index is 410. The number of aliphatic hydroxyl groups excluding tert-OH is 1. The van der Waals surface area contributed by atoms with Gasteiger partial charge in [0.1, 0.15) is 11.6 Å². The van der Waals surface area contributed by atoms with Crippen LogP contribution in [0.3, 0.4) is 0 Å². The van der Waals surface area contributed by atoms with Crippen molar-refractivity contribution >= 4 is 0 Å². The fourth-order valence-electron chi connectivity index (χ4n) is 3.18. The molecule has 4 heteroatoms. The summed E-state index contributed by atoms with van der Waals surface area (Å²) in [7, 11) is 1.56. The lowest BCUT2D eigenvalue weighted by molar-refractivity contribution is -0.0540. The van der Waals surface area contributed by atoms with Crippen LogP contribution in [0.1, 0.15) is 37.7 Å². The monoisotopic (exact) mass is 284 g/mol. The lowest BCUT2D eigenvalue weighted by atomic mass is 9.82. The molecule has 1 fully saturated rings. The van der Waals surface area contributed by atoms with Gasteiger partial charge in [0.15, 0.2) is 0 Å². The molecule has 0 radical (unpaired) electrons. The molecule has 0 amide bonds. The molecular weight excluding hydrogens is 262 g/mol. The Morgan fingerprint density at radius 3 is 2.35 bits per heavy atom. The van der Waals surface area contributed by atoms with Crippen molar-refractivity contribution in [1.82, 2.24) is 0 Å². The Morgan fingerprint density at radius 2 is 1.80 bits per heavy atom. The molecule has 1 aromatic carbocycles. The summed E-state index contributed by atoms with van der Waals surface area (Å²) in [5.74, 6) is -0.941. The average molecular weight is 284 g/mol. The van der Waals surface area contributed by atoms with Crippen LogP contribution in [0.5, 0.6) is 0 Å². The molecule has 0 bridgehead atoms. The van der Waals surface area contributed by atoms with Crippen molar-refractivity contribution in [3.05, 3.63) is 35.4 Å². The van der Waals surface area contributed by atoms with Crippen molar-refractivity contribution in [3.8, 4) is 0 Å². The van der Waals surface area contributed by atoms with Crippen molar-refractivity contribution < 1.29 is 18.6 Å². The molecule has 0 heterocycles. The summed E-state index contributed by atoms with van der Waals surface area (Å²) in [6.07, 6.45) is 4.21. The highest BCUT2D eigenvalue weighted by molar-refractivity contribution is 5.20. The van der Waals surface area contributed by atoms with E-state index in [2.05, 4.69) is 0 Å². The van der Waals surface area contributed by atoms with Gasteiger partial charge in [0.25, 0.3) is 0 Å². The Labute approximate surface area is 118 Å². The van der Waals surface area contributed by atoms with Crippen molar-refractivity contribution in [1.29, 1.82) is 0 Å². The number of hydrogen-bond donors (Lipinski definition) is 1. The Kier molecular flexibility index (Phi) is 5.49.